The van der Waals surface area contributed by atoms with Crippen LogP contribution < -0.4 is 5.73 Å². The monoisotopic (exact) mass is 310 g/mol. The molecule has 0 aliphatic carbocycles. The van der Waals surface area contributed by atoms with E-state index < -0.39 is 0 Å². The number of nitrogens with two attached hydrogens (primary N) is 1. The molecule has 2 rings (SSSR count). The van der Waals surface area contributed by atoms with E-state index in [9.17, 15) is 4.79 Å². The fraction of sp³-hybridized carbons (Fsp3) is 0.588. The topological polar surface area (TPSA) is 46.3 Å². The van der Waals surface area contributed by atoms with E-state index in [4.69, 9.17) is 5.73 Å². The zero-order valence-corrected chi connectivity index (χ0v) is 14.1. The molecule has 1 aromatic rings. The van der Waals surface area contributed by atoms with Gasteiger partial charge in [-0.3, -0.25) is 4.79 Å². The van der Waals surface area contributed by atoms with Crippen LogP contribution in [-0.4, -0.2) is 30.4 Å². The molecule has 1 saturated heterocycles. The summed E-state index contributed by atoms with van der Waals surface area (Å²) in [5, 5.41) is 0. The third kappa shape index (κ3) is 4.21. The molecule has 1 aliphatic rings. The molecule has 21 heavy (non-hydrogen) atoms. The van der Waals surface area contributed by atoms with Crippen LogP contribution >= 0.6 is 12.4 Å². The number of carbonyl (C=O) groups is 1. The number of carbonyl (C=O) groups excluding carboxylic acids is 1. The second kappa shape index (κ2) is 7.28. The van der Waals surface area contributed by atoms with Crippen molar-refractivity contribution in [1.82, 2.24) is 4.90 Å². The standard InChI is InChI=1S/C17H26N2O.ClH/c1-13-6-4-5-7-15(13)14(2)10-16(20)19-9-8-17(3,11-18)12-19;/h4-7,14H,8-12,18H2,1-3H3;1H. The first-order chi connectivity index (χ1) is 9.45. The van der Waals surface area contributed by atoms with E-state index in [1.54, 1.807) is 0 Å². The van der Waals surface area contributed by atoms with Crippen LogP contribution in [0.15, 0.2) is 24.3 Å². The van der Waals surface area contributed by atoms with Crippen LogP contribution in [0, 0.1) is 12.3 Å². The highest BCUT2D eigenvalue weighted by Crippen LogP contribution is 2.30. The number of rotatable bonds is 4. The number of benzene rings is 1. The second-order valence-electron chi connectivity index (χ2n) is 6.54. The molecule has 0 aromatic heterocycles. The summed E-state index contributed by atoms with van der Waals surface area (Å²) in [6.07, 6.45) is 1.61. The van der Waals surface area contributed by atoms with Crippen LogP contribution in [0.4, 0.5) is 0 Å². The van der Waals surface area contributed by atoms with Crippen molar-refractivity contribution < 1.29 is 4.79 Å². The molecular weight excluding hydrogens is 284 g/mol. The van der Waals surface area contributed by atoms with Gasteiger partial charge in [0.25, 0.3) is 0 Å². The quantitative estimate of drug-likeness (QED) is 0.929. The van der Waals surface area contributed by atoms with Crippen molar-refractivity contribution in [2.75, 3.05) is 19.6 Å². The van der Waals surface area contributed by atoms with Crippen LogP contribution in [0.3, 0.4) is 0 Å². The van der Waals surface area contributed by atoms with Crippen LogP contribution in [0.2, 0.25) is 0 Å². The van der Waals surface area contributed by atoms with E-state index in [0.29, 0.717) is 13.0 Å². The Morgan fingerprint density at radius 2 is 2.10 bits per heavy atom. The highest BCUT2D eigenvalue weighted by atomic mass is 35.5. The molecule has 4 heteroatoms. The third-order valence-corrected chi connectivity index (χ3v) is 4.60. The van der Waals surface area contributed by atoms with E-state index in [0.717, 1.165) is 19.5 Å². The van der Waals surface area contributed by atoms with Gasteiger partial charge in [-0.15, -0.1) is 12.4 Å². The van der Waals surface area contributed by atoms with Crippen molar-refractivity contribution in [3.8, 4) is 0 Å². The zero-order valence-electron chi connectivity index (χ0n) is 13.3. The number of nitrogens with zero attached hydrogens (tertiary/aromatic N) is 1. The van der Waals surface area contributed by atoms with E-state index in [-0.39, 0.29) is 29.6 Å². The molecule has 1 aromatic carbocycles. The minimum absolute atomic E-state index is 0. The molecule has 1 fully saturated rings. The predicted octanol–water partition coefficient (Wildman–Crippen LogP) is 3.11. The zero-order chi connectivity index (χ0) is 14.8. The summed E-state index contributed by atoms with van der Waals surface area (Å²) in [5.41, 5.74) is 8.46. The Morgan fingerprint density at radius 3 is 2.67 bits per heavy atom. The lowest BCUT2D eigenvalue weighted by atomic mass is 9.90. The average Bonchev–Trinajstić information content (AvgIpc) is 2.83. The normalized spacial score (nSPS) is 22.8. The Labute approximate surface area is 134 Å². The van der Waals surface area contributed by atoms with Crippen LogP contribution in [0.5, 0.6) is 0 Å². The number of aryl methyl sites for hydroxylation is 1. The van der Waals surface area contributed by atoms with Crippen LogP contribution in [0.25, 0.3) is 0 Å². The molecule has 2 atom stereocenters. The summed E-state index contributed by atoms with van der Waals surface area (Å²) in [5.74, 6) is 0.534. The van der Waals surface area contributed by atoms with Crippen molar-refractivity contribution in [2.45, 2.75) is 39.5 Å². The van der Waals surface area contributed by atoms with E-state index in [1.165, 1.54) is 11.1 Å². The minimum atomic E-state index is 0. The second-order valence-corrected chi connectivity index (χ2v) is 6.54. The maximum atomic E-state index is 12.4. The van der Waals surface area contributed by atoms with Gasteiger partial charge in [0.2, 0.25) is 5.91 Å². The maximum absolute atomic E-state index is 12.4. The molecule has 0 radical (unpaired) electrons. The SMILES string of the molecule is Cc1ccccc1C(C)CC(=O)N1CCC(C)(CN)C1.Cl. The molecule has 1 amide bonds. The lowest BCUT2D eigenvalue weighted by Gasteiger charge is -2.24. The molecule has 3 nitrogen and oxygen atoms in total. The third-order valence-electron chi connectivity index (χ3n) is 4.60. The highest BCUT2D eigenvalue weighted by molar-refractivity contribution is 5.85. The Bertz CT molecular complexity index is 491. The molecule has 1 heterocycles. The van der Waals surface area contributed by atoms with Gasteiger partial charge in [0, 0.05) is 19.5 Å². The van der Waals surface area contributed by atoms with E-state index >= 15 is 0 Å². The molecule has 0 bridgehead atoms. The Hall–Kier alpha value is -1.06. The first-order valence-corrected chi connectivity index (χ1v) is 7.48. The average molecular weight is 311 g/mol. The van der Waals surface area contributed by atoms with Gasteiger partial charge in [-0.1, -0.05) is 38.1 Å². The number of amides is 1. The van der Waals surface area contributed by atoms with E-state index in [1.807, 2.05) is 17.0 Å². The highest BCUT2D eigenvalue weighted by Gasteiger charge is 2.35. The van der Waals surface area contributed by atoms with Gasteiger partial charge in [0.1, 0.15) is 0 Å². The van der Waals surface area contributed by atoms with Crippen molar-refractivity contribution in [1.29, 1.82) is 0 Å². The number of hydrogen-bond donors (Lipinski definition) is 1. The van der Waals surface area contributed by atoms with Crippen LogP contribution in [0.1, 0.15) is 43.7 Å². The molecule has 2 N–H and O–H groups in total. The van der Waals surface area contributed by atoms with Crippen LogP contribution in [-0.2, 0) is 4.79 Å². The van der Waals surface area contributed by atoms with Gasteiger partial charge in [-0.2, -0.15) is 0 Å². The van der Waals surface area contributed by atoms with Gasteiger partial charge in [-0.25, -0.2) is 0 Å². The molecule has 0 spiro atoms. The molecule has 0 saturated carbocycles. The molecule has 2 unspecified atom stereocenters. The van der Waals surface area contributed by atoms with Gasteiger partial charge in [-0.05, 0) is 42.3 Å². The van der Waals surface area contributed by atoms with Crippen molar-refractivity contribution in [2.24, 2.45) is 11.1 Å². The van der Waals surface area contributed by atoms with Gasteiger partial charge < -0.3 is 10.6 Å². The van der Waals surface area contributed by atoms with Crippen molar-refractivity contribution in [3.05, 3.63) is 35.4 Å². The Kier molecular flexibility index (Phi) is 6.24. The summed E-state index contributed by atoms with van der Waals surface area (Å²) < 4.78 is 0. The lowest BCUT2D eigenvalue weighted by Crippen LogP contribution is -2.34. The molecule has 1 aliphatic heterocycles. The largest absolute Gasteiger partial charge is 0.342 e. The summed E-state index contributed by atoms with van der Waals surface area (Å²) in [7, 11) is 0. The van der Waals surface area contributed by atoms with Gasteiger partial charge >= 0.3 is 0 Å². The lowest BCUT2D eigenvalue weighted by molar-refractivity contribution is -0.130. The summed E-state index contributed by atoms with van der Waals surface area (Å²) >= 11 is 0. The van der Waals surface area contributed by atoms with Gasteiger partial charge in [0.05, 0.1) is 0 Å². The Balaban J connectivity index is 0.00000220. The maximum Gasteiger partial charge on any atom is 0.223 e. The summed E-state index contributed by atoms with van der Waals surface area (Å²) in [6.45, 7) is 8.74. The number of hydrogen-bond acceptors (Lipinski definition) is 2. The number of likely N-dealkylation sites (tertiary alicyclic amines) is 1. The molecule has 118 valence electrons. The minimum Gasteiger partial charge on any atom is -0.342 e. The fourth-order valence-electron chi connectivity index (χ4n) is 3.04. The van der Waals surface area contributed by atoms with Gasteiger partial charge in [0.15, 0.2) is 0 Å². The summed E-state index contributed by atoms with van der Waals surface area (Å²) in [4.78, 5) is 14.4. The first-order valence-electron chi connectivity index (χ1n) is 7.48. The van der Waals surface area contributed by atoms with Crippen molar-refractivity contribution >= 4 is 18.3 Å². The Morgan fingerprint density at radius 1 is 1.43 bits per heavy atom. The van der Waals surface area contributed by atoms with Crippen molar-refractivity contribution in [3.63, 3.8) is 0 Å². The summed E-state index contributed by atoms with van der Waals surface area (Å²) in [6, 6.07) is 8.32. The van der Waals surface area contributed by atoms with E-state index in [2.05, 4.69) is 32.9 Å². The predicted molar refractivity (Wildman–Crippen MR) is 89.8 cm³/mol. The molecular formula is C17H27ClN2O. The fourth-order valence-corrected chi connectivity index (χ4v) is 3.04. The first kappa shape index (κ1) is 18.0. The number of halogens is 1. The smallest absolute Gasteiger partial charge is 0.223 e.